The molecule has 66 valence electrons. The van der Waals surface area contributed by atoms with Gasteiger partial charge in [0.1, 0.15) is 5.75 Å². The molecule has 0 aliphatic carbocycles. The van der Waals surface area contributed by atoms with Crippen molar-refractivity contribution in [2.75, 3.05) is 6.61 Å². The maximum absolute atomic E-state index is 5.55. The lowest BCUT2D eigenvalue weighted by Crippen LogP contribution is -2.08. The van der Waals surface area contributed by atoms with E-state index in [0.29, 0.717) is 0 Å². The molecule has 0 radical (unpaired) electrons. The van der Waals surface area contributed by atoms with Crippen LogP contribution >= 0.6 is 0 Å². The molecule has 0 amide bonds. The summed E-state index contributed by atoms with van der Waals surface area (Å²) >= 11 is 0. The normalized spacial score (nSPS) is 15.4. The van der Waals surface area contributed by atoms with E-state index in [0.717, 1.165) is 30.7 Å². The van der Waals surface area contributed by atoms with Gasteiger partial charge in [0.25, 0.3) is 0 Å². The first-order valence-electron chi connectivity index (χ1n) is 4.53. The molecule has 1 aliphatic rings. The maximum atomic E-state index is 5.55. The number of hydrogen-bond donors (Lipinski definition) is 1. The van der Waals surface area contributed by atoms with E-state index in [2.05, 4.69) is 10.2 Å². The Morgan fingerprint density at radius 1 is 1.38 bits per heavy atom. The van der Waals surface area contributed by atoms with Crippen LogP contribution in [0.4, 0.5) is 0 Å². The highest BCUT2D eigenvalue weighted by Gasteiger charge is 2.13. The third-order valence-corrected chi connectivity index (χ3v) is 2.51. The minimum Gasteiger partial charge on any atom is -0.493 e. The molecule has 2 aromatic rings. The lowest BCUT2D eigenvalue weighted by atomic mass is 10.0. The Morgan fingerprint density at radius 2 is 2.38 bits per heavy atom. The Bertz CT molecular complexity index is 447. The number of nitrogens with zero attached hydrogens (tertiary/aromatic N) is 1. The fourth-order valence-electron chi connectivity index (χ4n) is 1.87. The molecular weight excluding hydrogens is 164 g/mol. The van der Waals surface area contributed by atoms with E-state index >= 15 is 0 Å². The molecule has 3 heteroatoms. The predicted octanol–water partition coefficient (Wildman–Crippen LogP) is 1.89. The molecule has 1 aromatic heterocycles. The van der Waals surface area contributed by atoms with Crippen molar-refractivity contribution < 1.29 is 4.74 Å². The molecular formula is C10H10N2O. The van der Waals surface area contributed by atoms with Crippen molar-refractivity contribution in [1.29, 1.82) is 0 Å². The first kappa shape index (κ1) is 6.95. The summed E-state index contributed by atoms with van der Waals surface area (Å²) in [6.07, 6.45) is 4.05. The largest absolute Gasteiger partial charge is 0.493 e. The molecule has 0 saturated carbocycles. The van der Waals surface area contributed by atoms with Gasteiger partial charge in [-0.2, -0.15) is 5.10 Å². The highest BCUT2D eigenvalue weighted by Crippen LogP contribution is 2.30. The Morgan fingerprint density at radius 3 is 3.38 bits per heavy atom. The quantitative estimate of drug-likeness (QED) is 0.662. The number of aromatic amines is 1. The van der Waals surface area contributed by atoms with E-state index < -0.39 is 0 Å². The number of fused-ring (bicyclic) bond motifs is 3. The van der Waals surface area contributed by atoms with Crippen molar-refractivity contribution in [3.8, 4) is 5.75 Å². The molecule has 13 heavy (non-hydrogen) atoms. The van der Waals surface area contributed by atoms with E-state index in [-0.39, 0.29) is 0 Å². The smallest absolute Gasteiger partial charge is 0.124 e. The van der Waals surface area contributed by atoms with Crippen molar-refractivity contribution in [1.82, 2.24) is 10.2 Å². The fraction of sp³-hybridized carbons (Fsp3) is 0.300. The number of rotatable bonds is 0. The molecule has 0 bridgehead atoms. The molecule has 0 atom stereocenters. The maximum Gasteiger partial charge on any atom is 0.124 e. The average Bonchev–Trinajstić information content (AvgIpc) is 2.65. The topological polar surface area (TPSA) is 37.9 Å². The zero-order valence-corrected chi connectivity index (χ0v) is 7.21. The van der Waals surface area contributed by atoms with Gasteiger partial charge in [0.05, 0.1) is 18.3 Å². The highest BCUT2D eigenvalue weighted by atomic mass is 16.5. The van der Waals surface area contributed by atoms with Crippen LogP contribution in [0.15, 0.2) is 18.3 Å². The Balaban J connectivity index is 2.34. The number of nitrogens with one attached hydrogen (secondary N) is 1. The van der Waals surface area contributed by atoms with Crippen LogP contribution in [0.2, 0.25) is 0 Å². The van der Waals surface area contributed by atoms with E-state index in [9.17, 15) is 0 Å². The van der Waals surface area contributed by atoms with Crippen LogP contribution in [0, 0.1) is 0 Å². The van der Waals surface area contributed by atoms with Gasteiger partial charge in [0.2, 0.25) is 0 Å². The summed E-state index contributed by atoms with van der Waals surface area (Å²) in [5.41, 5.74) is 2.42. The van der Waals surface area contributed by atoms with Gasteiger partial charge in [0.15, 0.2) is 0 Å². The van der Waals surface area contributed by atoms with Crippen LogP contribution in [0.5, 0.6) is 5.75 Å². The van der Waals surface area contributed by atoms with Crippen LogP contribution < -0.4 is 4.74 Å². The van der Waals surface area contributed by atoms with Crippen LogP contribution in [-0.4, -0.2) is 16.8 Å². The van der Waals surface area contributed by atoms with Crippen molar-refractivity contribution in [2.45, 2.75) is 12.8 Å². The fourth-order valence-corrected chi connectivity index (χ4v) is 1.87. The second-order valence-corrected chi connectivity index (χ2v) is 3.33. The minimum atomic E-state index is 0.840. The molecule has 0 fully saturated rings. The third-order valence-electron chi connectivity index (χ3n) is 2.51. The average molecular weight is 174 g/mol. The SMILES string of the molecule is c1cc2cn[nH]c2c2c1OCCC2. The van der Waals surface area contributed by atoms with Gasteiger partial charge in [-0.15, -0.1) is 0 Å². The molecule has 3 nitrogen and oxygen atoms in total. The van der Waals surface area contributed by atoms with E-state index in [1.165, 1.54) is 10.9 Å². The second kappa shape index (κ2) is 2.49. The van der Waals surface area contributed by atoms with Crippen LogP contribution in [0.3, 0.4) is 0 Å². The van der Waals surface area contributed by atoms with Gasteiger partial charge in [-0.1, -0.05) is 0 Å². The van der Waals surface area contributed by atoms with E-state index in [1.54, 1.807) is 0 Å². The number of aryl methyl sites for hydroxylation is 1. The van der Waals surface area contributed by atoms with Gasteiger partial charge in [-0.3, -0.25) is 5.10 Å². The Kier molecular flexibility index (Phi) is 1.33. The summed E-state index contributed by atoms with van der Waals surface area (Å²) in [7, 11) is 0. The van der Waals surface area contributed by atoms with Gasteiger partial charge in [-0.05, 0) is 25.0 Å². The molecule has 2 heterocycles. The number of ether oxygens (including phenoxy) is 1. The first-order valence-corrected chi connectivity index (χ1v) is 4.53. The lowest BCUT2D eigenvalue weighted by Gasteiger charge is -2.17. The lowest BCUT2D eigenvalue weighted by molar-refractivity contribution is 0.289. The van der Waals surface area contributed by atoms with Gasteiger partial charge in [0, 0.05) is 10.9 Å². The molecule has 0 saturated heterocycles. The van der Waals surface area contributed by atoms with E-state index in [4.69, 9.17) is 4.74 Å². The van der Waals surface area contributed by atoms with Crippen LogP contribution in [-0.2, 0) is 6.42 Å². The summed E-state index contributed by atoms with van der Waals surface area (Å²) in [5.74, 6) is 1.02. The zero-order chi connectivity index (χ0) is 8.67. The number of H-pyrrole nitrogens is 1. The molecule has 1 N–H and O–H groups in total. The van der Waals surface area contributed by atoms with Crippen molar-refractivity contribution >= 4 is 10.9 Å². The summed E-state index contributed by atoms with van der Waals surface area (Å²) in [4.78, 5) is 0. The van der Waals surface area contributed by atoms with Crippen molar-refractivity contribution in [2.24, 2.45) is 0 Å². The zero-order valence-electron chi connectivity index (χ0n) is 7.21. The number of hydrogen-bond acceptors (Lipinski definition) is 2. The Hall–Kier alpha value is -1.51. The Labute approximate surface area is 75.7 Å². The highest BCUT2D eigenvalue weighted by molar-refractivity contribution is 5.83. The predicted molar refractivity (Wildman–Crippen MR) is 49.9 cm³/mol. The third kappa shape index (κ3) is 0.932. The van der Waals surface area contributed by atoms with Crippen LogP contribution in [0.25, 0.3) is 10.9 Å². The van der Waals surface area contributed by atoms with Gasteiger partial charge >= 0.3 is 0 Å². The minimum absolute atomic E-state index is 0.840. The summed E-state index contributed by atoms with van der Waals surface area (Å²) in [6, 6.07) is 4.08. The molecule has 3 rings (SSSR count). The van der Waals surface area contributed by atoms with Gasteiger partial charge < -0.3 is 4.74 Å². The van der Waals surface area contributed by atoms with Crippen molar-refractivity contribution in [3.05, 3.63) is 23.9 Å². The standard InChI is InChI=1S/C10H10N2O/c1-2-8-9(13-5-1)4-3-7-6-11-12-10(7)8/h3-4,6H,1-2,5H2,(H,11,12). The number of aromatic nitrogens is 2. The molecule has 1 aromatic carbocycles. The molecule has 1 aliphatic heterocycles. The second-order valence-electron chi connectivity index (χ2n) is 3.33. The van der Waals surface area contributed by atoms with Gasteiger partial charge in [-0.25, -0.2) is 0 Å². The first-order chi connectivity index (χ1) is 6.45. The monoisotopic (exact) mass is 174 g/mol. The van der Waals surface area contributed by atoms with Crippen LogP contribution in [0.1, 0.15) is 12.0 Å². The molecule has 0 unspecified atom stereocenters. The molecule has 0 spiro atoms. The summed E-state index contributed by atoms with van der Waals surface area (Å²) < 4.78 is 5.55. The van der Waals surface area contributed by atoms with E-state index in [1.807, 2.05) is 18.3 Å². The summed E-state index contributed by atoms with van der Waals surface area (Å²) in [5, 5.41) is 8.22. The number of benzene rings is 1. The van der Waals surface area contributed by atoms with Crippen molar-refractivity contribution in [3.63, 3.8) is 0 Å². The summed E-state index contributed by atoms with van der Waals surface area (Å²) in [6.45, 7) is 0.840.